The van der Waals surface area contributed by atoms with Gasteiger partial charge in [-0.15, -0.1) is 11.3 Å². The van der Waals surface area contributed by atoms with Crippen molar-refractivity contribution in [1.82, 2.24) is 5.43 Å². The van der Waals surface area contributed by atoms with Crippen LogP contribution in [0.3, 0.4) is 0 Å². The summed E-state index contributed by atoms with van der Waals surface area (Å²) in [5, 5.41) is 5.49. The SMILES string of the molecule is O=C(N/N=C/c1ccccc1OC(F)F)c1cccs1. The second-order valence-electron chi connectivity index (χ2n) is 3.59. The van der Waals surface area contributed by atoms with Crippen LogP contribution in [0.15, 0.2) is 46.9 Å². The topological polar surface area (TPSA) is 50.7 Å². The minimum absolute atomic E-state index is 0.00313. The first-order valence-corrected chi connectivity index (χ1v) is 6.45. The van der Waals surface area contributed by atoms with Gasteiger partial charge in [0.2, 0.25) is 0 Å². The third kappa shape index (κ3) is 3.86. The third-order valence-corrected chi connectivity index (χ3v) is 3.12. The highest BCUT2D eigenvalue weighted by molar-refractivity contribution is 7.12. The average molecular weight is 296 g/mol. The van der Waals surface area contributed by atoms with E-state index in [1.54, 1.807) is 35.7 Å². The molecule has 0 aliphatic carbocycles. The van der Waals surface area contributed by atoms with Crippen LogP contribution in [0.4, 0.5) is 8.78 Å². The number of ether oxygens (including phenoxy) is 1. The molecule has 0 aliphatic rings. The minimum Gasteiger partial charge on any atom is -0.434 e. The van der Waals surface area contributed by atoms with Gasteiger partial charge in [-0.2, -0.15) is 13.9 Å². The number of benzene rings is 1. The predicted molar refractivity (Wildman–Crippen MR) is 72.5 cm³/mol. The van der Waals surface area contributed by atoms with Gasteiger partial charge in [-0.3, -0.25) is 4.79 Å². The Morgan fingerprint density at radius 3 is 2.80 bits per heavy atom. The van der Waals surface area contributed by atoms with Crippen molar-refractivity contribution in [3.63, 3.8) is 0 Å². The summed E-state index contributed by atoms with van der Waals surface area (Å²) in [4.78, 5) is 12.1. The number of hydrazone groups is 1. The number of amides is 1. The Bertz CT molecular complexity index is 600. The van der Waals surface area contributed by atoms with Crippen LogP contribution < -0.4 is 10.2 Å². The van der Waals surface area contributed by atoms with E-state index in [1.165, 1.54) is 23.6 Å². The van der Waals surface area contributed by atoms with Gasteiger partial charge in [0.15, 0.2) is 0 Å². The van der Waals surface area contributed by atoms with Crippen molar-refractivity contribution in [1.29, 1.82) is 0 Å². The summed E-state index contributed by atoms with van der Waals surface area (Å²) in [6, 6.07) is 9.58. The second kappa shape index (κ2) is 6.76. The van der Waals surface area contributed by atoms with Crippen LogP contribution >= 0.6 is 11.3 Å². The third-order valence-electron chi connectivity index (χ3n) is 2.25. The molecular formula is C13H10F2N2O2S. The summed E-state index contributed by atoms with van der Waals surface area (Å²) in [5.41, 5.74) is 2.66. The van der Waals surface area contributed by atoms with Gasteiger partial charge in [0.05, 0.1) is 11.1 Å². The van der Waals surface area contributed by atoms with Crippen molar-refractivity contribution in [2.45, 2.75) is 6.61 Å². The Morgan fingerprint density at radius 1 is 1.30 bits per heavy atom. The van der Waals surface area contributed by atoms with Gasteiger partial charge in [0, 0.05) is 5.56 Å². The van der Waals surface area contributed by atoms with Crippen LogP contribution in [0.2, 0.25) is 0 Å². The molecule has 2 rings (SSSR count). The summed E-state index contributed by atoms with van der Waals surface area (Å²) >= 11 is 1.28. The first-order chi connectivity index (χ1) is 9.66. The average Bonchev–Trinajstić information content (AvgIpc) is 2.94. The number of rotatable bonds is 5. The summed E-state index contributed by atoms with van der Waals surface area (Å²) in [6.07, 6.45) is 1.25. The highest BCUT2D eigenvalue weighted by atomic mass is 32.1. The van der Waals surface area contributed by atoms with Crippen LogP contribution in [-0.2, 0) is 0 Å². The predicted octanol–water partition coefficient (Wildman–Crippen LogP) is 3.11. The molecule has 0 bridgehead atoms. The van der Waals surface area contributed by atoms with E-state index in [2.05, 4.69) is 15.3 Å². The molecule has 104 valence electrons. The summed E-state index contributed by atoms with van der Waals surface area (Å²) in [5.74, 6) is -0.361. The molecule has 1 aromatic heterocycles. The number of carbonyl (C=O) groups is 1. The van der Waals surface area contributed by atoms with Gasteiger partial charge >= 0.3 is 6.61 Å². The maximum Gasteiger partial charge on any atom is 0.387 e. The zero-order chi connectivity index (χ0) is 14.4. The molecule has 2 aromatic rings. The number of thiophene rings is 1. The fraction of sp³-hybridized carbons (Fsp3) is 0.0769. The summed E-state index contributed by atoms with van der Waals surface area (Å²) in [6.45, 7) is -2.91. The van der Waals surface area contributed by atoms with Gasteiger partial charge in [-0.25, -0.2) is 5.43 Å². The molecule has 4 nitrogen and oxygen atoms in total. The molecule has 1 amide bonds. The van der Waals surface area contributed by atoms with Crippen LogP contribution in [0.1, 0.15) is 15.2 Å². The molecule has 0 fully saturated rings. The quantitative estimate of drug-likeness (QED) is 0.681. The molecule has 1 N–H and O–H groups in total. The van der Waals surface area contributed by atoms with E-state index < -0.39 is 6.61 Å². The molecule has 0 saturated carbocycles. The number of alkyl halides is 2. The molecule has 0 unspecified atom stereocenters. The Kier molecular flexibility index (Phi) is 4.78. The number of para-hydroxylation sites is 1. The van der Waals surface area contributed by atoms with E-state index in [0.717, 1.165) is 0 Å². The molecule has 1 heterocycles. The summed E-state index contributed by atoms with van der Waals surface area (Å²) in [7, 11) is 0. The van der Waals surface area contributed by atoms with Crippen molar-refractivity contribution in [2.75, 3.05) is 0 Å². The molecular weight excluding hydrogens is 286 g/mol. The van der Waals surface area contributed by atoms with E-state index in [4.69, 9.17) is 0 Å². The lowest BCUT2D eigenvalue weighted by molar-refractivity contribution is -0.0499. The van der Waals surface area contributed by atoms with Gasteiger partial charge in [0.1, 0.15) is 5.75 Å². The molecule has 0 aliphatic heterocycles. The number of halogens is 2. The Labute approximate surface area is 117 Å². The smallest absolute Gasteiger partial charge is 0.387 e. The van der Waals surface area contributed by atoms with Crippen LogP contribution in [0.25, 0.3) is 0 Å². The van der Waals surface area contributed by atoms with Crippen LogP contribution in [-0.4, -0.2) is 18.7 Å². The van der Waals surface area contributed by atoms with Gasteiger partial charge in [0.25, 0.3) is 5.91 Å². The second-order valence-corrected chi connectivity index (χ2v) is 4.54. The minimum atomic E-state index is -2.91. The summed E-state index contributed by atoms with van der Waals surface area (Å²) < 4.78 is 28.7. The van der Waals surface area contributed by atoms with Crippen LogP contribution in [0.5, 0.6) is 5.75 Å². The Morgan fingerprint density at radius 2 is 2.10 bits per heavy atom. The first kappa shape index (κ1) is 14.1. The Hall–Kier alpha value is -2.28. The fourth-order valence-corrected chi connectivity index (χ4v) is 2.03. The van der Waals surface area contributed by atoms with E-state index in [0.29, 0.717) is 10.4 Å². The van der Waals surface area contributed by atoms with Crippen molar-refractivity contribution >= 4 is 23.5 Å². The van der Waals surface area contributed by atoms with Gasteiger partial charge in [-0.1, -0.05) is 18.2 Å². The largest absolute Gasteiger partial charge is 0.434 e. The van der Waals surface area contributed by atoms with Crippen LogP contribution in [0, 0.1) is 0 Å². The van der Waals surface area contributed by atoms with E-state index >= 15 is 0 Å². The molecule has 20 heavy (non-hydrogen) atoms. The lowest BCUT2D eigenvalue weighted by Gasteiger charge is -2.06. The number of carbonyl (C=O) groups excluding carboxylic acids is 1. The zero-order valence-electron chi connectivity index (χ0n) is 10.1. The highest BCUT2D eigenvalue weighted by Gasteiger charge is 2.08. The Balaban J connectivity index is 2.02. The maximum absolute atomic E-state index is 12.2. The number of hydrogen-bond donors (Lipinski definition) is 1. The van der Waals surface area contributed by atoms with Gasteiger partial charge in [-0.05, 0) is 23.6 Å². The standard InChI is InChI=1S/C13H10F2N2O2S/c14-13(15)19-10-5-2-1-4-9(10)8-16-17-12(18)11-6-3-7-20-11/h1-8,13H,(H,17,18)/b16-8+. The molecule has 0 radical (unpaired) electrons. The van der Waals surface area contributed by atoms with E-state index in [1.807, 2.05) is 0 Å². The molecule has 7 heteroatoms. The van der Waals surface area contributed by atoms with Crippen molar-refractivity contribution < 1.29 is 18.3 Å². The lowest BCUT2D eigenvalue weighted by Crippen LogP contribution is -2.16. The number of hydrogen-bond acceptors (Lipinski definition) is 4. The van der Waals surface area contributed by atoms with Gasteiger partial charge < -0.3 is 4.74 Å². The van der Waals surface area contributed by atoms with Crippen molar-refractivity contribution in [2.24, 2.45) is 5.10 Å². The zero-order valence-corrected chi connectivity index (χ0v) is 10.9. The lowest BCUT2D eigenvalue weighted by atomic mass is 10.2. The fourth-order valence-electron chi connectivity index (χ4n) is 1.41. The number of nitrogens with one attached hydrogen (secondary N) is 1. The molecule has 1 aromatic carbocycles. The van der Waals surface area contributed by atoms with Crippen molar-refractivity contribution in [3.8, 4) is 5.75 Å². The maximum atomic E-state index is 12.2. The molecule has 0 atom stereocenters. The normalized spacial score (nSPS) is 10.9. The molecule has 0 saturated heterocycles. The van der Waals surface area contributed by atoms with E-state index in [-0.39, 0.29) is 11.7 Å². The molecule has 0 spiro atoms. The number of nitrogens with zero attached hydrogens (tertiary/aromatic N) is 1. The van der Waals surface area contributed by atoms with E-state index in [9.17, 15) is 13.6 Å². The highest BCUT2D eigenvalue weighted by Crippen LogP contribution is 2.18. The van der Waals surface area contributed by atoms with Crippen molar-refractivity contribution in [3.05, 3.63) is 52.2 Å². The monoisotopic (exact) mass is 296 g/mol. The first-order valence-electron chi connectivity index (χ1n) is 5.57.